The Bertz CT molecular complexity index is 417. The summed E-state index contributed by atoms with van der Waals surface area (Å²) in [7, 11) is 0. The number of para-hydroxylation sites is 1. The second kappa shape index (κ2) is 7.22. The third kappa shape index (κ3) is 4.01. The fourth-order valence-electron chi connectivity index (χ4n) is 1.29. The maximum atomic E-state index is 8.88. The molecular formula is C13H13KO2. The van der Waals surface area contributed by atoms with Crippen molar-refractivity contribution in [3.63, 3.8) is 0 Å². The summed E-state index contributed by atoms with van der Waals surface area (Å²) < 4.78 is 5.60. The van der Waals surface area contributed by atoms with E-state index in [0.717, 1.165) is 17.1 Å². The molecule has 0 aliphatic carbocycles. The van der Waals surface area contributed by atoms with Gasteiger partial charge in [0.2, 0.25) is 0 Å². The second-order valence-electron chi connectivity index (χ2n) is 3.22. The van der Waals surface area contributed by atoms with Crippen LogP contribution in [0.4, 0.5) is 0 Å². The molecule has 0 aromatic heterocycles. The molecule has 0 aliphatic heterocycles. The van der Waals surface area contributed by atoms with Gasteiger partial charge >= 0.3 is 51.4 Å². The fraction of sp³-hybridized carbons (Fsp3) is 0.0769. The van der Waals surface area contributed by atoms with Gasteiger partial charge in [-0.2, -0.15) is 0 Å². The first kappa shape index (κ1) is 13.9. The molecule has 0 atom stereocenters. The van der Waals surface area contributed by atoms with Gasteiger partial charge in [-0.15, -0.1) is 0 Å². The van der Waals surface area contributed by atoms with Crippen molar-refractivity contribution >= 4 is 0 Å². The van der Waals surface area contributed by atoms with Crippen LogP contribution in [0, 0.1) is 0 Å². The minimum absolute atomic E-state index is 0. The van der Waals surface area contributed by atoms with E-state index in [-0.39, 0.29) is 59.4 Å². The predicted molar refractivity (Wildman–Crippen MR) is 60.0 cm³/mol. The summed E-state index contributed by atoms with van der Waals surface area (Å²) in [6, 6.07) is 17.0. The Morgan fingerprint density at radius 3 is 2.00 bits per heavy atom. The van der Waals surface area contributed by atoms with Crippen molar-refractivity contribution in [2.75, 3.05) is 0 Å². The van der Waals surface area contributed by atoms with Gasteiger partial charge in [0.25, 0.3) is 0 Å². The molecule has 0 fully saturated rings. The minimum atomic E-state index is 0. The molecule has 2 aromatic rings. The Labute approximate surface area is 139 Å². The van der Waals surface area contributed by atoms with Crippen LogP contribution in [0.15, 0.2) is 54.6 Å². The maximum Gasteiger partial charge on any atom is 1.00 e. The molecule has 16 heavy (non-hydrogen) atoms. The second-order valence-corrected chi connectivity index (χ2v) is 3.22. The summed E-state index contributed by atoms with van der Waals surface area (Å²) in [5, 5.41) is 8.88. The zero-order valence-corrected chi connectivity index (χ0v) is 12.4. The number of ether oxygens (including phenoxy) is 1. The number of benzene rings is 2. The van der Waals surface area contributed by atoms with Crippen molar-refractivity contribution in [2.24, 2.45) is 0 Å². The Hall–Kier alpha value is -0.164. The number of hydrogen-bond acceptors (Lipinski definition) is 2. The summed E-state index contributed by atoms with van der Waals surface area (Å²) in [5.74, 6) is 1.59. The zero-order chi connectivity index (χ0) is 10.5. The number of aliphatic hydroxyl groups is 1. The van der Waals surface area contributed by atoms with E-state index in [0.29, 0.717) is 0 Å². The van der Waals surface area contributed by atoms with Crippen LogP contribution in [-0.2, 0) is 6.61 Å². The maximum absolute atomic E-state index is 8.88. The van der Waals surface area contributed by atoms with Crippen molar-refractivity contribution in [3.05, 3.63) is 60.2 Å². The number of aliphatic hydroxyl groups excluding tert-OH is 1. The van der Waals surface area contributed by atoms with Crippen molar-refractivity contribution in [2.45, 2.75) is 6.61 Å². The van der Waals surface area contributed by atoms with E-state index < -0.39 is 0 Å². The summed E-state index contributed by atoms with van der Waals surface area (Å²) >= 11 is 0. The smallest absolute Gasteiger partial charge is 1.00 e. The van der Waals surface area contributed by atoms with Crippen molar-refractivity contribution in [3.8, 4) is 11.5 Å². The van der Waals surface area contributed by atoms with E-state index >= 15 is 0 Å². The number of hydrogen-bond donors (Lipinski definition) is 1. The van der Waals surface area contributed by atoms with E-state index in [4.69, 9.17) is 9.84 Å². The molecule has 78 valence electrons. The molecule has 0 heterocycles. The SMILES string of the molecule is OCc1ccc(Oc2ccccc2)cc1.[H-].[K+]. The monoisotopic (exact) mass is 240 g/mol. The van der Waals surface area contributed by atoms with Crippen LogP contribution in [-0.4, -0.2) is 5.11 Å². The van der Waals surface area contributed by atoms with Crippen LogP contribution in [0.1, 0.15) is 6.99 Å². The fourth-order valence-corrected chi connectivity index (χ4v) is 1.29. The van der Waals surface area contributed by atoms with Crippen molar-refractivity contribution in [1.29, 1.82) is 0 Å². The normalized spacial score (nSPS) is 9.31. The van der Waals surface area contributed by atoms with Crippen LogP contribution < -0.4 is 56.1 Å². The van der Waals surface area contributed by atoms with Gasteiger partial charge in [0.15, 0.2) is 0 Å². The van der Waals surface area contributed by atoms with E-state index in [2.05, 4.69) is 0 Å². The van der Waals surface area contributed by atoms with Gasteiger partial charge in [-0.1, -0.05) is 30.3 Å². The molecule has 2 aromatic carbocycles. The summed E-state index contributed by atoms with van der Waals surface area (Å²) in [4.78, 5) is 0. The zero-order valence-electron chi connectivity index (χ0n) is 10.3. The van der Waals surface area contributed by atoms with Crippen molar-refractivity contribution < 1.29 is 62.7 Å². The van der Waals surface area contributed by atoms with Gasteiger partial charge < -0.3 is 11.3 Å². The molecule has 0 radical (unpaired) electrons. The standard InChI is InChI=1S/C13H12O2.K.H/c14-10-11-6-8-13(9-7-11)15-12-4-2-1-3-5-12;;/h1-9,14H,10H2;;/q;+1;-1. The molecule has 0 unspecified atom stereocenters. The van der Waals surface area contributed by atoms with Crippen LogP contribution >= 0.6 is 0 Å². The minimum Gasteiger partial charge on any atom is -1.00 e. The van der Waals surface area contributed by atoms with E-state index in [1.54, 1.807) is 0 Å². The first-order chi connectivity index (χ1) is 7.38. The molecule has 0 spiro atoms. The topological polar surface area (TPSA) is 29.5 Å². The van der Waals surface area contributed by atoms with Gasteiger partial charge in [-0.25, -0.2) is 0 Å². The first-order valence-corrected chi connectivity index (χ1v) is 4.81. The predicted octanol–water partition coefficient (Wildman–Crippen LogP) is 0.0877. The first-order valence-electron chi connectivity index (χ1n) is 4.81. The third-order valence-electron chi connectivity index (χ3n) is 2.08. The molecule has 2 rings (SSSR count). The molecule has 0 saturated heterocycles. The van der Waals surface area contributed by atoms with Crippen molar-refractivity contribution in [1.82, 2.24) is 0 Å². The summed E-state index contributed by atoms with van der Waals surface area (Å²) in [6.07, 6.45) is 0. The van der Waals surface area contributed by atoms with E-state index in [1.165, 1.54) is 0 Å². The Kier molecular flexibility index (Phi) is 6.27. The van der Waals surface area contributed by atoms with Crippen LogP contribution in [0.2, 0.25) is 0 Å². The average Bonchev–Trinajstić information content (AvgIpc) is 2.31. The molecule has 0 bridgehead atoms. The van der Waals surface area contributed by atoms with E-state index in [9.17, 15) is 0 Å². The molecule has 2 nitrogen and oxygen atoms in total. The quantitative estimate of drug-likeness (QED) is 0.770. The molecular weight excluding hydrogens is 227 g/mol. The van der Waals surface area contributed by atoms with Gasteiger partial charge in [0.05, 0.1) is 6.61 Å². The molecule has 0 saturated carbocycles. The summed E-state index contributed by atoms with van der Waals surface area (Å²) in [5.41, 5.74) is 0.885. The Morgan fingerprint density at radius 1 is 0.875 bits per heavy atom. The molecule has 3 heteroatoms. The van der Waals surface area contributed by atoms with Crippen LogP contribution in [0.5, 0.6) is 11.5 Å². The third-order valence-corrected chi connectivity index (χ3v) is 2.08. The van der Waals surface area contributed by atoms with Gasteiger partial charge in [0.1, 0.15) is 11.5 Å². The Balaban J connectivity index is 0.00000128. The van der Waals surface area contributed by atoms with E-state index in [1.807, 2.05) is 54.6 Å². The average molecular weight is 240 g/mol. The largest absolute Gasteiger partial charge is 1.00 e. The molecule has 1 N–H and O–H groups in total. The molecule has 0 aliphatic rings. The van der Waals surface area contributed by atoms with Crippen LogP contribution in [0.25, 0.3) is 0 Å². The Morgan fingerprint density at radius 2 is 1.44 bits per heavy atom. The molecule has 0 amide bonds. The van der Waals surface area contributed by atoms with Gasteiger partial charge in [0, 0.05) is 0 Å². The van der Waals surface area contributed by atoms with Crippen LogP contribution in [0.3, 0.4) is 0 Å². The van der Waals surface area contributed by atoms with Gasteiger partial charge in [-0.05, 0) is 29.8 Å². The van der Waals surface area contributed by atoms with Gasteiger partial charge in [-0.3, -0.25) is 0 Å². The summed E-state index contributed by atoms with van der Waals surface area (Å²) in [6.45, 7) is 0.0611. The number of rotatable bonds is 3.